The lowest BCUT2D eigenvalue weighted by molar-refractivity contribution is -0.139. The molecule has 1 aromatic rings. The van der Waals surface area contributed by atoms with Crippen LogP contribution in [0.5, 0.6) is 0 Å². The van der Waals surface area contributed by atoms with Crippen LogP contribution in [0.25, 0.3) is 0 Å². The molecule has 88 valence electrons. The van der Waals surface area contributed by atoms with Gasteiger partial charge >= 0.3 is 5.97 Å². The Balaban J connectivity index is 2.40. The van der Waals surface area contributed by atoms with Gasteiger partial charge in [0.1, 0.15) is 12.1 Å². The molecule has 2 rings (SSSR count). The van der Waals surface area contributed by atoms with Crippen LogP contribution in [-0.4, -0.2) is 33.6 Å². The normalized spacial score (nSPS) is 23.4. The number of hydrogen-bond donors (Lipinski definition) is 1. The van der Waals surface area contributed by atoms with Crippen molar-refractivity contribution in [2.45, 2.75) is 19.4 Å². The van der Waals surface area contributed by atoms with Crippen LogP contribution >= 0.6 is 0 Å². The van der Waals surface area contributed by atoms with Crippen molar-refractivity contribution >= 4 is 11.8 Å². The first kappa shape index (κ1) is 11.3. The zero-order valence-electron chi connectivity index (χ0n) is 9.37. The van der Waals surface area contributed by atoms with Gasteiger partial charge in [0.2, 0.25) is 0 Å². The van der Waals surface area contributed by atoms with Gasteiger partial charge in [0.25, 0.3) is 0 Å². The highest BCUT2D eigenvalue weighted by atomic mass is 16.4. The van der Waals surface area contributed by atoms with Gasteiger partial charge in [-0.25, -0.2) is 14.8 Å². The third-order valence-electron chi connectivity index (χ3n) is 3.01. The Morgan fingerprint density at radius 1 is 1.59 bits per heavy atom. The Bertz CT molecular complexity index is 483. The van der Waals surface area contributed by atoms with Crippen molar-refractivity contribution in [3.63, 3.8) is 0 Å². The summed E-state index contributed by atoms with van der Waals surface area (Å²) in [7, 11) is 0. The van der Waals surface area contributed by atoms with Crippen LogP contribution in [0.3, 0.4) is 0 Å². The molecular formula is C11H12N4O2. The maximum atomic E-state index is 11.2. The van der Waals surface area contributed by atoms with Crippen molar-refractivity contribution < 1.29 is 9.90 Å². The average Bonchev–Trinajstić information content (AvgIpc) is 2.71. The summed E-state index contributed by atoms with van der Waals surface area (Å²) >= 11 is 0. The van der Waals surface area contributed by atoms with E-state index in [9.17, 15) is 9.90 Å². The number of nitrogens with zero attached hydrogens (tertiary/aromatic N) is 4. The van der Waals surface area contributed by atoms with Crippen molar-refractivity contribution in [1.29, 1.82) is 5.26 Å². The molecule has 1 fully saturated rings. The number of aromatic nitrogens is 2. The molecule has 1 aliphatic rings. The largest absolute Gasteiger partial charge is 0.480 e. The van der Waals surface area contributed by atoms with E-state index in [1.165, 1.54) is 12.4 Å². The predicted octanol–water partition coefficient (Wildman–Crippen LogP) is 0.648. The van der Waals surface area contributed by atoms with Crippen molar-refractivity contribution in [2.24, 2.45) is 5.92 Å². The Kier molecular flexibility index (Phi) is 2.91. The smallest absolute Gasteiger partial charge is 0.326 e. The zero-order valence-corrected chi connectivity index (χ0v) is 9.37. The molecule has 2 atom stereocenters. The molecule has 2 unspecified atom stereocenters. The fourth-order valence-electron chi connectivity index (χ4n) is 2.18. The second-order valence-corrected chi connectivity index (χ2v) is 4.08. The summed E-state index contributed by atoms with van der Waals surface area (Å²) in [5, 5.41) is 18.1. The summed E-state index contributed by atoms with van der Waals surface area (Å²) in [6.07, 6.45) is 3.67. The minimum absolute atomic E-state index is 0.0426. The summed E-state index contributed by atoms with van der Waals surface area (Å²) in [6.45, 7) is 2.48. The van der Waals surface area contributed by atoms with E-state index in [-0.39, 0.29) is 11.6 Å². The molecule has 1 N–H and O–H groups in total. The number of carboxylic acids is 1. The van der Waals surface area contributed by atoms with Gasteiger partial charge in [-0.2, -0.15) is 5.26 Å². The standard InChI is InChI=1S/C11H12N4O2/c1-7-2-5-15(9(7)11(16)17)10-8(6-12)13-3-4-14-10/h3-4,7,9H,2,5H2,1H3,(H,16,17). The van der Waals surface area contributed by atoms with Crippen molar-refractivity contribution in [3.8, 4) is 6.07 Å². The van der Waals surface area contributed by atoms with E-state index < -0.39 is 12.0 Å². The molecule has 0 aliphatic carbocycles. The maximum Gasteiger partial charge on any atom is 0.326 e. The third kappa shape index (κ3) is 1.91. The minimum atomic E-state index is -0.885. The van der Waals surface area contributed by atoms with E-state index in [0.717, 1.165) is 6.42 Å². The monoisotopic (exact) mass is 232 g/mol. The molecular weight excluding hydrogens is 220 g/mol. The second-order valence-electron chi connectivity index (χ2n) is 4.08. The second kappa shape index (κ2) is 4.37. The zero-order chi connectivity index (χ0) is 12.4. The lowest BCUT2D eigenvalue weighted by Crippen LogP contribution is -2.40. The number of aliphatic carboxylic acids is 1. The highest BCUT2D eigenvalue weighted by molar-refractivity contribution is 5.79. The Morgan fingerprint density at radius 2 is 2.29 bits per heavy atom. The molecule has 17 heavy (non-hydrogen) atoms. The Morgan fingerprint density at radius 3 is 2.94 bits per heavy atom. The number of rotatable bonds is 2. The van der Waals surface area contributed by atoms with Crippen molar-refractivity contribution in [2.75, 3.05) is 11.4 Å². The highest BCUT2D eigenvalue weighted by Crippen LogP contribution is 2.29. The molecule has 1 aromatic heterocycles. The summed E-state index contributed by atoms with van der Waals surface area (Å²) in [5.74, 6) is -0.475. The quantitative estimate of drug-likeness (QED) is 0.805. The van der Waals surface area contributed by atoms with Crippen LogP contribution in [-0.2, 0) is 4.79 Å². The molecule has 0 bridgehead atoms. The van der Waals surface area contributed by atoms with Gasteiger partial charge in [-0.1, -0.05) is 6.92 Å². The van der Waals surface area contributed by atoms with E-state index in [1.54, 1.807) is 4.90 Å². The Hall–Kier alpha value is -2.16. The van der Waals surface area contributed by atoms with Crippen LogP contribution in [0, 0.1) is 17.2 Å². The number of hydrogen-bond acceptors (Lipinski definition) is 5. The van der Waals surface area contributed by atoms with Gasteiger partial charge in [-0.15, -0.1) is 0 Å². The van der Waals surface area contributed by atoms with Crippen LogP contribution in [0.1, 0.15) is 19.0 Å². The summed E-state index contributed by atoms with van der Waals surface area (Å²) < 4.78 is 0. The van der Waals surface area contributed by atoms with Crippen LogP contribution in [0.4, 0.5) is 5.82 Å². The number of carboxylic acid groups (broad SMARTS) is 1. The van der Waals surface area contributed by atoms with E-state index >= 15 is 0 Å². The van der Waals surface area contributed by atoms with Crippen LogP contribution in [0.2, 0.25) is 0 Å². The van der Waals surface area contributed by atoms with E-state index in [4.69, 9.17) is 5.26 Å². The third-order valence-corrected chi connectivity index (χ3v) is 3.01. The predicted molar refractivity (Wildman–Crippen MR) is 59.3 cm³/mol. The van der Waals surface area contributed by atoms with Gasteiger partial charge in [0.05, 0.1) is 0 Å². The highest BCUT2D eigenvalue weighted by Gasteiger charge is 2.38. The van der Waals surface area contributed by atoms with Gasteiger partial charge in [-0.05, 0) is 12.3 Å². The molecule has 6 heteroatoms. The molecule has 0 spiro atoms. The average molecular weight is 232 g/mol. The molecule has 0 aromatic carbocycles. The molecule has 1 aliphatic heterocycles. The lowest BCUT2D eigenvalue weighted by Gasteiger charge is -2.24. The first-order valence-corrected chi connectivity index (χ1v) is 5.35. The molecule has 6 nitrogen and oxygen atoms in total. The van der Waals surface area contributed by atoms with E-state index in [1.807, 2.05) is 13.0 Å². The maximum absolute atomic E-state index is 11.2. The summed E-state index contributed by atoms with van der Waals surface area (Å²) in [6, 6.07) is 1.31. The lowest BCUT2D eigenvalue weighted by atomic mass is 10.0. The Labute approximate surface area is 98.5 Å². The van der Waals surface area contributed by atoms with Gasteiger partial charge in [0, 0.05) is 18.9 Å². The summed E-state index contributed by atoms with van der Waals surface area (Å²) in [4.78, 5) is 20.9. The van der Waals surface area contributed by atoms with Crippen molar-refractivity contribution in [3.05, 3.63) is 18.1 Å². The van der Waals surface area contributed by atoms with Gasteiger partial charge < -0.3 is 10.0 Å². The SMILES string of the molecule is CC1CCN(c2nccnc2C#N)C1C(=O)O. The molecule has 0 saturated carbocycles. The van der Waals surface area contributed by atoms with Crippen molar-refractivity contribution in [1.82, 2.24) is 9.97 Å². The van der Waals surface area contributed by atoms with Gasteiger partial charge in [-0.3, -0.25) is 0 Å². The number of anilines is 1. The number of carbonyl (C=O) groups is 1. The van der Waals surface area contributed by atoms with Crippen LogP contribution < -0.4 is 4.90 Å². The summed E-state index contributed by atoms with van der Waals surface area (Å²) in [5.41, 5.74) is 0.174. The molecule has 1 saturated heterocycles. The van der Waals surface area contributed by atoms with E-state index in [0.29, 0.717) is 12.4 Å². The minimum Gasteiger partial charge on any atom is -0.480 e. The molecule has 0 amide bonds. The first-order valence-electron chi connectivity index (χ1n) is 5.35. The topological polar surface area (TPSA) is 90.1 Å². The fourth-order valence-corrected chi connectivity index (χ4v) is 2.18. The van der Waals surface area contributed by atoms with E-state index in [2.05, 4.69) is 9.97 Å². The number of nitriles is 1. The first-order chi connectivity index (χ1) is 8.15. The fraction of sp³-hybridized carbons (Fsp3) is 0.455. The molecule has 2 heterocycles. The molecule has 0 radical (unpaired) electrons. The van der Waals surface area contributed by atoms with Gasteiger partial charge in [0.15, 0.2) is 11.5 Å². The van der Waals surface area contributed by atoms with Crippen LogP contribution in [0.15, 0.2) is 12.4 Å².